The summed E-state index contributed by atoms with van der Waals surface area (Å²) in [4.78, 5) is 0. The van der Waals surface area contributed by atoms with E-state index < -0.39 is 10.0 Å². The Hall–Kier alpha value is -0.130. The van der Waals surface area contributed by atoms with E-state index in [-0.39, 0.29) is 5.75 Å². The standard InChI is InChI=1S/C10H22N2O2S/c1-9-4-6-12(8-10(9)2)15(13,14)7-5-11-3/h9-11H,4-8H2,1-3H3. The molecule has 1 N–H and O–H groups in total. The summed E-state index contributed by atoms with van der Waals surface area (Å²) in [5, 5.41) is 2.88. The first-order chi connectivity index (χ1) is 6.97. The lowest BCUT2D eigenvalue weighted by molar-refractivity contribution is 0.212. The minimum atomic E-state index is -3.03. The van der Waals surface area contributed by atoms with Gasteiger partial charge in [0.2, 0.25) is 10.0 Å². The second-order valence-corrected chi connectivity index (χ2v) is 6.61. The van der Waals surface area contributed by atoms with Gasteiger partial charge in [-0.2, -0.15) is 0 Å². The first-order valence-corrected chi connectivity index (χ1v) is 7.20. The predicted octanol–water partition coefficient (Wildman–Crippen LogP) is 0.513. The zero-order valence-corrected chi connectivity index (χ0v) is 10.7. The third kappa shape index (κ3) is 3.43. The molecular weight excluding hydrogens is 212 g/mol. The zero-order chi connectivity index (χ0) is 11.5. The molecule has 5 heteroatoms. The SMILES string of the molecule is CNCCS(=O)(=O)N1CCC(C)C(C)C1. The van der Waals surface area contributed by atoms with Crippen LogP contribution in [0.1, 0.15) is 20.3 Å². The van der Waals surface area contributed by atoms with Crippen LogP contribution < -0.4 is 5.32 Å². The van der Waals surface area contributed by atoms with Crippen LogP contribution in [0.15, 0.2) is 0 Å². The number of hydrogen-bond donors (Lipinski definition) is 1. The molecule has 2 unspecified atom stereocenters. The molecule has 1 saturated heterocycles. The van der Waals surface area contributed by atoms with Gasteiger partial charge in [0.1, 0.15) is 0 Å². The molecule has 0 aromatic rings. The van der Waals surface area contributed by atoms with Gasteiger partial charge in [0.25, 0.3) is 0 Å². The maximum Gasteiger partial charge on any atom is 0.215 e. The van der Waals surface area contributed by atoms with Crippen molar-refractivity contribution in [1.29, 1.82) is 0 Å². The van der Waals surface area contributed by atoms with Gasteiger partial charge in [0, 0.05) is 19.6 Å². The molecule has 0 saturated carbocycles. The Labute approximate surface area is 93.1 Å². The van der Waals surface area contributed by atoms with E-state index in [1.165, 1.54) is 0 Å². The Morgan fingerprint density at radius 2 is 2.00 bits per heavy atom. The maximum atomic E-state index is 11.9. The van der Waals surface area contributed by atoms with Crippen molar-refractivity contribution >= 4 is 10.0 Å². The Kier molecular flexibility index (Phi) is 4.55. The van der Waals surface area contributed by atoms with Gasteiger partial charge in [-0.1, -0.05) is 13.8 Å². The Morgan fingerprint density at radius 3 is 2.53 bits per heavy atom. The molecule has 1 aliphatic rings. The van der Waals surface area contributed by atoms with Crippen molar-refractivity contribution in [3.63, 3.8) is 0 Å². The molecule has 0 aromatic carbocycles. The van der Waals surface area contributed by atoms with E-state index in [0.717, 1.165) is 6.42 Å². The number of hydrogen-bond acceptors (Lipinski definition) is 3. The summed E-state index contributed by atoms with van der Waals surface area (Å²) < 4.78 is 25.4. The van der Waals surface area contributed by atoms with Crippen LogP contribution in [-0.2, 0) is 10.0 Å². The van der Waals surface area contributed by atoms with Crippen molar-refractivity contribution in [1.82, 2.24) is 9.62 Å². The van der Waals surface area contributed by atoms with E-state index in [0.29, 0.717) is 31.5 Å². The van der Waals surface area contributed by atoms with Crippen LogP contribution in [0, 0.1) is 11.8 Å². The molecule has 90 valence electrons. The summed E-state index contributed by atoms with van der Waals surface area (Å²) in [7, 11) is -1.26. The van der Waals surface area contributed by atoms with Crippen LogP contribution in [0.25, 0.3) is 0 Å². The lowest BCUT2D eigenvalue weighted by atomic mass is 9.90. The molecular formula is C10H22N2O2S. The average molecular weight is 234 g/mol. The van der Waals surface area contributed by atoms with Crippen molar-refractivity contribution in [2.75, 3.05) is 32.4 Å². The van der Waals surface area contributed by atoms with E-state index in [1.54, 1.807) is 11.4 Å². The third-order valence-corrected chi connectivity index (χ3v) is 5.14. The van der Waals surface area contributed by atoms with Gasteiger partial charge in [-0.3, -0.25) is 0 Å². The highest BCUT2D eigenvalue weighted by molar-refractivity contribution is 7.89. The first-order valence-electron chi connectivity index (χ1n) is 5.60. The Morgan fingerprint density at radius 1 is 1.33 bits per heavy atom. The molecule has 0 spiro atoms. The monoisotopic (exact) mass is 234 g/mol. The molecule has 4 nitrogen and oxygen atoms in total. The number of nitrogens with one attached hydrogen (secondary N) is 1. The summed E-state index contributed by atoms with van der Waals surface area (Å²) in [5.41, 5.74) is 0. The fraction of sp³-hybridized carbons (Fsp3) is 1.00. The number of sulfonamides is 1. The maximum absolute atomic E-state index is 11.9. The van der Waals surface area contributed by atoms with E-state index in [2.05, 4.69) is 19.2 Å². The quantitative estimate of drug-likeness (QED) is 0.771. The molecule has 0 aromatic heterocycles. The van der Waals surface area contributed by atoms with Crippen LogP contribution in [-0.4, -0.2) is 45.2 Å². The fourth-order valence-corrected chi connectivity index (χ4v) is 3.40. The topological polar surface area (TPSA) is 49.4 Å². The number of nitrogens with zero attached hydrogens (tertiary/aromatic N) is 1. The zero-order valence-electron chi connectivity index (χ0n) is 9.86. The summed E-state index contributed by atoms with van der Waals surface area (Å²) >= 11 is 0. The van der Waals surface area contributed by atoms with Crippen LogP contribution in [0.3, 0.4) is 0 Å². The molecule has 1 aliphatic heterocycles. The van der Waals surface area contributed by atoms with Crippen molar-refractivity contribution in [3.8, 4) is 0 Å². The number of rotatable bonds is 4. The first kappa shape index (κ1) is 12.9. The third-order valence-electron chi connectivity index (χ3n) is 3.30. The largest absolute Gasteiger partial charge is 0.319 e. The lowest BCUT2D eigenvalue weighted by Gasteiger charge is -2.34. The normalized spacial score (nSPS) is 29.3. The molecule has 0 amide bonds. The van der Waals surface area contributed by atoms with E-state index in [4.69, 9.17) is 0 Å². The minimum absolute atomic E-state index is 0.213. The number of piperidine rings is 1. The Balaban J connectivity index is 2.57. The van der Waals surface area contributed by atoms with Crippen molar-refractivity contribution in [2.24, 2.45) is 11.8 Å². The molecule has 0 bridgehead atoms. The highest BCUT2D eigenvalue weighted by Gasteiger charge is 2.29. The average Bonchev–Trinajstić information content (AvgIpc) is 2.19. The van der Waals surface area contributed by atoms with Crippen molar-refractivity contribution < 1.29 is 8.42 Å². The lowest BCUT2D eigenvalue weighted by Crippen LogP contribution is -2.44. The van der Waals surface area contributed by atoms with Gasteiger partial charge >= 0.3 is 0 Å². The van der Waals surface area contributed by atoms with Crippen LogP contribution in [0.4, 0.5) is 0 Å². The van der Waals surface area contributed by atoms with E-state index in [9.17, 15) is 8.42 Å². The van der Waals surface area contributed by atoms with Gasteiger partial charge < -0.3 is 5.32 Å². The van der Waals surface area contributed by atoms with Gasteiger partial charge in [0.15, 0.2) is 0 Å². The molecule has 0 radical (unpaired) electrons. The highest BCUT2D eigenvalue weighted by Crippen LogP contribution is 2.24. The fourth-order valence-electron chi connectivity index (χ4n) is 1.84. The molecule has 1 rings (SSSR count). The van der Waals surface area contributed by atoms with Gasteiger partial charge in [-0.05, 0) is 25.3 Å². The van der Waals surface area contributed by atoms with Crippen LogP contribution in [0.5, 0.6) is 0 Å². The molecule has 1 fully saturated rings. The van der Waals surface area contributed by atoms with Gasteiger partial charge in [-0.15, -0.1) is 0 Å². The molecule has 2 atom stereocenters. The summed E-state index contributed by atoms with van der Waals surface area (Å²) in [5.74, 6) is 1.33. The smallest absolute Gasteiger partial charge is 0.215 e. The Bertz CT molecular complexity index is 290. The highest BCUT2D eigenvalue weighted by atomic mass is 32.2. The summed E-state index contributed by atoms with van der Waals surface area (Å²) in [6.07, 6.45) is 0.986. The molecule has 15 heavy (non-hydrogen) atoms. The van der Waals surface area contributed by atoms with Crippen LogP contribution in [0.2, 0.25) is 0 Å². The van der Waals surface area contributed by atoms with Crippen molar-refractivity contribution in [2.45, 2.75) is 20.3 Å². The van der Waals surface area contributed by atoms with Crippen LogP contribution >= 0.6 is 0 Å². The van der Waals surface area contributed by atoms with Gasteiger partial charge in [0.05, 0.1) is 5.75 Å². The predicted molar refractivity (Wildman–Crippen MR) is 62.2 cm³/mol. The second-order valence-electron chi connectivity index (χ2n) is 4.52. The van der Waals surface area contributed by atoms with E-state index in [1.807, 2.05) is 0 Å². The summed E-state index contributed by atoms with van der Waals surface area (Å²) in [6, 6.07) is 0. The summed E-state index contributed by atoms with van der Waals surface area (Å²) in [6.45, 7) is 6.24. The molecule has 0 aliphatic carbocycles. The van der Waals surface area contributed by atoms with Gasteiger partial charge in [-0.25, -0.2) is 12.7 Å². The molecule has 1 heterocycles. The van der Waals surface area contributed by atoms with Crippen molar-refractivity contribution in [3.05, 3.63) is 0 Å². The second kappa shape index (κ2) is 5.27. The van der Waals surface area contributed by atoms with E-state index >= 15 is 0 Å². The minimum Gasteiger partial charge on any atom is -0.319 e.